The number of thioether (sulfide) groups is 1. The molecular formula is C25H31N5O2S. The van der Waals surface area contributed by atoms with Gasteiger partial charge in [0.15, 0.2) is 11.0 Å². The fourth-order valence-electron chi connectivity index (χ4n) is 3.47. The van der Waals surface area contributed by atoms with Gasteiger partial charge in [0, 0.05) is 18.3 Å². The van der Waals surface area contributed by atoms with Gasteiger partial charge in [0.05, 0.1) is 11.8 Å². The SMILES string of the molecule is Cc1cccc(C(=O)N[C@@H](c2nnc(SCC(=O)Nc3cccc(C)c3C)n2C)C(C)C)c1. The summed E-state index contributed by atoms with van der Waals surface area (Å²) in [6.07, 6.45) is 0. The van der Waals surface area contributed by atoms with Crippen LogP contribution in [0.5, 0.6) is 0 Å². The second kappa shape index (κ2) is 10.7. The molecule has 0 aliphatic carbocycles. The highest BCUT2D eigenvalue weighted by Crippen LogP contribution is 2.25. The van der Waals surface area contributed by atoms with E-state index in [-0.39, 0.29) is 29.5 Å². The molecule has 0 aliphatic rings. The second-order valence-corrected chi connectivity index (χ2v) is 9.49. The number of hydrogen-bond acceptors (Lipinski definition) is 5. The quantitative estimate of drug-likeness (QED) is 0.475. The highest BCUT2D eigenvalue weighted by atomic mass is 32.2. The van der Waals surface area contributed by atoms with Crippen LogP contribution in [0.15, 0.2) is 47.6 Å². The van der Waals surface area contributed by atoms with Gasteiger partial charge in [0.25, 0.3) is 5.91 Å². The van der Waals surface area contributed by atoms with Gasteiger partial charge in [-0.3, -0.25) is 9.59 Å². The number of rotatable bonds is 8. The number of carbonyl (C=O) groups is 2. The molecule has 0 saturated carbocycles. The molecule has 2 N–H and O–H groups in total. The van der Waals surface area contributed by atoms with Crippen LogP contribution in [0.4, 0.5) is 5.69 Å². The molecule has 1 atom stereocenters. The van der Waals surface area contributed by atoms with Gasteiger partial charge >= 0.3 is 0 Å². The summed E-state index contributed by atoms with van der Waals surface area (Å²) in [5.41, 5.74) is 4.64. The normalized spacial score (nSPS) is 12.0. The van der Waals surface area contributed by atoms with E-state index in [9.17, 15) is 9.59 Å². The summed E-state index contributed by atoms with van der Waals surface area (Å²) >= 11 is 1.32. The van der Waals surface area contributed by atoms with Crippen molar-refractivity contribution in [2.24, 2.45) is 13.0 Å². The number of nitrogens with zero attached hydrogens (tertiary/aromatic N) is 3. The van der Waals surface area contributed by atoms with Crippen LogP contribution >= 0.6 is 11.8 Å². The molecule has 33 heavy (non-hydrogen) atoms. The van der Waals surface area contributed by atoms with E-state index in [2.05, 4.69) is 20.8 Å². The highest BCUT2D eigenvalue weighted by Gasteiger charge is 2.25. The maximum Gasteiger partial charge on any atom is 0.251 e. The van der Waals surface area contributed by atoms with Crippen LogP contribution in [-0.4, -0.2) is 32.3 Å². The summed E-state index contributed by atoms with van der Waals surface area (Å²) in [6.45, 7) is 10.0. The van der Waals surface area contributed by atoms with Crippen molar-refractivity contribution in [3.05, 3.63) is 70.5 Å². The lowest BCUT2D eigenvalue weighted by Crippen LogP contribution is -2.33. The van der Waals surface area contributed by atoms with Crippen molar-refractivity contribution in [2.45, 2.75) is 45.8 Å². The molecule has 7 nitrogen and oxygen atoms in total. The van der Waals surface area contributed by atoms with Gasteiger partial charge in [-0.15, -0.1) is 10.2 Å². The third-order valence-electron chi connectivity index (χ3n) is 5.59. The first-order valence-electron chi connectivity index (χ1n) is 10.9. The molecule has 1 heterocycles. The van der Waals surface area contributed by atoms with Crippen LogP contribution in [0.25, 0.3) is 0 Å². The minimum atomic E-state index is -0.311. The largest absolute Gasteiger partial charge is 0.342 e. The monoisotopic (exact) mass is 465 g/mol. The summed E-state index contributed by atoms with van der Waals surface area (Å²) in [4.78, 5) is 25.3. The number of aryl methyl sites for hydroxylation is 2. The fourth-order valence-corrected chi connectivity index (χ4v) is 4.18. The Balaban J connectivity index is 1.68. The van der Waals surface area contributed by atoms with Gasteiger partial charge in [0.1, 0.15) is 0 Å². The molecule has 2 aromatic carbocycles. The first-order chi connectivity index (χ1) is 15.7. The molecule has 3 aromatic rings. The van der Waals surface area contributed by atoms with Gasteiger partial charge in [-0.1, -0.05) is 55.4 Å². The smallest absolute Gasteiger partial charge is 0.251 e. The maximum atomic E-state index is 12.8. The molecule has 8 heteroatoms. The third kappa shape index (κ3) is 6.01. The Morgan fingerprint density at radius 3 is 2.48 bits per heavy atom. The van der Waals surface area contributed by atoms with Gasteiger partial charge in [-0.2, -0.15) is 0 Å². The van der Waals surface area contributed by atoms with E-state index < -0.39 is 0 Å². The molecule has 0 aliphatic heterocycles. The van der Waals surface area contributed by atoms with Crippen LogP contribution < -0.4 is 10.6 Å². The Hall–Kier alpha value is -3.13. The van der Waals surface area contributed by atoms with E-state index in [1.54, 1.807) is 6.07 Å². The molecule has 3 rings (SSSR count). The summed E-state index contributed by atoms with van der Waals surface area (Å²) in [5.74, 6) is 0.714. The minimum Gasteiger partial charge on any atom is -0.342 e. The van der Waals surface area contributed by atoms with Gasteiger partial charge in [-0.25, -0.2) is 0 Å². The van der Waals surface area contributed by atoms with E-state index >= 15 is 0 Å². The zero-order chi connectivity index (χ0) is 24.1. The lowest BCUT2D eigenvalue weighted by Gasteiger charge is -2.22. The number of nitrogens with one attached hydrogen (secondary N) is 2. The van der Waals surface area contributed by atoms with Gasteiger partial charge < -0.3 is 15.2 Å². The Morgan fingerprint density at radius 1 is 1.06 bits per heavy atom. The van der Waals surface area contributed by atoms with Crippen LogP contribution in [0.2, 0.25) is 0 Å². The summed E-state index contributed by atoms with van der Waals surface area (Å²) in [6, 6.07) is 13.0. The van der Waals surface area contributed by atoms with Crippen molar-refractivity contribution in [3.8, 4) is 0 Å². The number of aromatic nitrogens is 3. The Labute approximate surface area is 199 Å². The molecule has 0 radical (unpaired) electrons. The zero-order valence-electron chi connectivity index (χ0n) is 20.0. The molecule has 1 aromatic heterocycles. The van der Waals surface area contributed by atoms with Crippen molar-refractivity contribution in [2.75, 3.05) is 11.1 Å². The number of benzene rings is 2. The fraction of sp³-hybridized carbons (Fsp3) is 0.360. The van der Waals surface area contributed by atoms with E-state index in [0.29, 0.717) is 16.5 Å². The molecular weight excluding hydrogens is 434 g/mol. The predicted molar refractivity (Wildman–Crippen MR) is 132 cm³/mol. The second-order valence-electron chi connectivity index (χ2n) is 8.55. The number of anilines is 1. The van der Waals surface area contributed by atoms with Crippen LogP contribution in [0.1, 0.15) is 52.8 Å². The predicted octanol–water partition coefficient (Wildman–Crippen LogP) is 4.60. The minimum absolute atomic E-state index is 0.104. The Kier molecular flexibility index (Phi) is 7.92. The summed E-state index contributed by atoms with van der Waals surface area (Å²) in [5, 5.41) is 15.3. The standard InChI is InChI=1S/C25H31N5O2S/c1-15(2)22(27-24(32)19-11-7-9-16(3)13-19)23-28-29-25(30(23)6)33-14-21(31)26-20-12-8-10-17(4)18(20)5/h7-13,15,22H,14H2,1-6H3,(H,26,31)(H,27,32)/t22-/m1/s1. The molecule has 0 bridgehead atoms. The molecule has 0 fully saturated rings. The van der Waals surface area contributed by atoms with Crippen LogP contribution in [0.3, 0.4) is 0 Å². The number of hydrogen-bond donors (Lipinski definition) is 2. The van der Waals surface area contributed by atoms with Crippen molar-refractivity contribution >= 4 is 29.3 Å². The molecule has 174 valence electrons. The van der Waals surface area contributed by atoms with Gasteiger partial charge in [-0.05, 0) is 56.0 Å². The average molecular weight is 466 g/mol. The molecule has 0 spiro atoms. The lowest BCUT2D eigenvalue weighted by atomic mass is 10.0. The van der Waals surface area contributed by atoms with E-state index in [1.165, 1.54) is 11.8 Å². The van der Waals surface area contributed by atoms with Crippen LogP contribution in [0, 0.1) is 26.7 Å². The maximum absolute atomic E-state index is 12.8. The highest BCUT2D eigenvalue weighted by molar-refractivity contribution is 7.99. The number of amides is 2. The van der Waals surface area contributed by atoms with E-state index in [0.717, 1.165) is 22.4 Å². The van der Waals surface area contributed by atoms with Crippen molar-refractivity contribution in [3.63, 3.8) is 0 Å². The molecule has 0 unspecified atom stereocenters. The summed E-state index contributed by atoms with van der Waals surface area (Å²) in [7, 11) is 1.86. The van der Waals surface area contributed by atoms with Crippen molar-refractivity contribution in [1.82, 2.24) is 20.1 Å². The average Bonchev–Trinajstić information content (AvgIpc) is 3.13. The molecule has 2 amide bonds. The molecule has 0 saturated heterocycles. The van der Waals surface area contributed by atoms with Crippen molar-refractivity contribution < 1.29 is 9.59 Å². The lowest BCUT2D eigenvalue weighted by molar-refractivity contribution is -0.113. The first kappa shape index (κ1) is 24.5. The Bertz CT molecular complexity index is 1160. The van der Waals surface area contributed by atoms with Crippen LogP contribution in [-0.2, 0) is 11.8 Å². The number of carbonyl (C=O) groups excluding carboxylic acids is 2. The third-order valence-corrected chi connectivity index (χ3v) is 6.61. The zero-order valence-corrected chi connectivity index (χ0v) is 20.8. The Morgan fingerprint density at radius 2 is 1.79 bits per heavy atom. The van der Waals surface area contributed by atoms with E-state index in [4.69, 9.17) is 0 Å². The van der Waals surface area contributed by atoms with Crippen molar-refractivity contribution in [1.29, 1.82) is 0 Å². The van der Waals surface area contributed by atoms with Gasteiger partial charge in [0.2, 0.25) is 5.91 Å². The topological polar surface area (TPSA) is 88.9 Å². The first-order valence-corrected chi connectivity index (χ1v) is 11.9. The summed E-state index contributed by atoms with van der Waals surface area (Å²) < 4.78 is 1.84. The van der Waals surface area contributed by atoms with E-state index in [1.807, 2.05) is 82.6 Å².